The van der Waals surface area contributed by atoms with Gasteiger partial charge >= 0.3 is 0 Å². The van der Waals surface area contributed by atoms with Crippen molar-refractivity contribution in [3.8, 4) is 5.75 Å². The maximum atomic E-state index is 14.5. The molecule has 44 heavy (non-hydrogen) atoms. The number of hydrogen-bond acceptors (Lipinski definition) is 11. The molecule has 0 saturated carbocycles. The van der Waals surface area contributed by atoms with E-state index in [1.165, 1.54) is 27.5 Å². The molecule has 1 amide bonds. The zero-order chi connectivity index (χ0) is 31.2. The van der Waals surface area contributed by atoms with Gasteiger partial charge in [0.2, 0.25) is 5.95 Å². The van der Waals surface area contributed by atoms with Crippen LogP contribution in [0.15, 0.2) is 42.6 Å². The Morgan fingerprint density at radius 2 is 1.84 bits per heavy atom. The molecule has 2 aliphatic rings. The van der Waals surface area contributed by atoms with Gasteiger partial charge in [0, 0.05) is 63.7 Å². The van der Waals surface area contributed by atoms with E-state index >= 15 is 0 Å². The number of rotatable bonds is 10. The quantitative estimate of drug-likeness (QED) is 0.129. The number of aromatic nitrogens is 2. The molecule has 5 rings (SSSR count). The van der Waals surface area contributed by atoms with Gasteiger partial charge in [0.25, 0.3) is 5.91 Å². The van der Waals surface area contributed by atoms with Crippen LogP contribution in [-0.2, 0) is 6.54 Å². The second kappa shape index (κ2) is 14.3. The third-order valence-corrected chi connectivity index (χ3v) is 7.97. The lowest BCUT2D eigenvalue weighted by atomic mass is 10.1. The van der Waals surface area contributed by atoms with Gasteiger partial charge in [-0.2, -0.15) is 4.98 Å². The Morgan fingerprint density at radius 3 is 2.55 bits per heavy atom. The standard InChI is InChI=1S/C29H36ClF2N9O3/c1-38-6-8-39(9-7-38)17-19-2-4-20(5-3-19)34-21-14-22(26(43)23(30)15-21)28(44)36-37-29-33-16-24(31)27(35-29)41-11-10-40(12-13-42)25(32)18-41/h2-5,14-16,25,34,42-43H,6-13,17-18H2,1H3,(H,36,44)(H,33,35,37). The van der Waals surface area contributed by atoms with Gasteiger partial charge in [0.05, 0.1) is 29.9 Å². The maximum Gasteiger partial charge on any atom is 0.273 e. The maximum absolute atomic E-state index is 14.5. The van der Waals surface area contributed by atoms with Gasteiger partial charge in [0.1, 0.15) is 5.75 Å². The smallest absolute Gasteiger partial charge is 0.273 e. The molecule has 1 unspecified atom stereocenters. The van der Waals surface area contributed by atoms with Gasteiger partial charge in [-0.1, -0.05) is 23.7 Å². The lowest BCUT2D eigenvalue weighted by Gasteiger charge is -2.37. The first-order valence-corrected chi connectivity index (χ1v) is 14.7. The van der Waals surface area contributed by atoms with Crippen molar-refractivity contribution < 1.29 is 23.8 Å². The van der Waals surface area contributed by atoms with Crippen molar-refractivity contribution in [2.24, 2.45) is 0 Å². The monoisotopic (exact) mass is 631 g/mol. The number of anilines is 4. The highest BCUT2D eigenvalue weighted by atomic mass is 35.5. The zero-order valence-electron chi connectivity index (χ0n) is 24.3. The lowest BCUT2D eigenvalue weighted by molar-refractivity contribution is 0.0538. The molecule has 0 bridgehead atoms. The van der Waals surface area contributed by atoms with Crippen molar-refractivity contribution >= 4 is 40.6 Å². The van der Waals surface area contributed by atoms with E-state index in [0.717, 1.165) is 44.6 Å². The molecule has 236 valence electrons. The Labute approximate surface area is 259 Å². The second-order valence-corrected chi connectivity index (χ2v) is 11.2. The highest BCUT2D eigenvalue weighted by Crippen LogP contribution is 2.33. The van der Waals surface area contributed by atoms with Gasteiger partial charge in [-0.3, -0.25) is 25.4 Å². The van der Waals surface area contributed by atoms with Crippen LogP contribution < -0.4 is 21.1 Å². The number of nitrogens with zero attached hydrogens (tertiary/aromatic N) is 6. The number of carbonyl (C=O) groups excluding carboxylic acids is 1. The summed E-state index contributed by atoms with van der Waals surface area (Å²) in [5.74, 6) is -2.18. The second-order valence-electron chi connectivity index (χ2n) is 10.8. The molecule has 0 radical (unpaired) electrons. The molecule has 15 heteroatoms. The third kappa shape index (κ3) is 7.81. The number of aliphatic hydroxyl groups excluding tert-OH is 1. The fourth-order valence-corrected chi connectivity index (χ4v) is 5.36. The molecule has 0 spiro atoms. The van der Waals surface area contributed by atoms with Crippen LogP contribution >= 0.6 is 11.6 Å². The van der Waals surface area contributed by atoms with E-state index in [-0.39, 0.29) is 55.1 Å². The first-order chi connectivity index (χ1) is 21.2. The average Bonchev–Trinajstić information content (AvgIpc) is 3.01. The van der Waals surface area contributed by atoms with Gasteiger partial charge < -0.3 is 25.3 Å². The molecule has 5 N–H and O–H groups in total. The van der Waals surface area contributed by atoms with Crippen LogP contribution in [0.1, 0.15) is 15.9 Å². The number of β-amino-alcohol motifs (C(OH)–C–C–N with tert-alkyl or cyclic N) is 1. The van der Waals surface area contributed by atoms with Gasteiger partial charge in [-0.25, -0.2) is 13.8 Å². The first kappa shape index (κ1) is 31.6. The van der Waals surface area contributed by atoms with E-state index in [0.29, 0.717) is 5.69 Å². The summed E-state index contributed by atoms with van der Waals surface area (Å²) in [5.41, 5.74) is 7.22. The number of carbonyl (C=O) groups is 1. The number of aliphatic hydroxyl groups is 1. The minimum Gasteiger partial charge on any atom is -0.506 e. The molecule has 1 atom stereocenters. The summed E-state index contributed by atoms with van der Waals surface area (Å²) in [6.07, 6.45) is -0.491. The topological polar surface area (TPSA) is 132 Å². The lowest BCUT2D eigenvalue weighted by Crippen LogP contribution is -2.52. The van der Waals surface area contributed by atoms with Crippen LogP contribution in [0.4, 0.5) is 31.9 Å². The molecule has 2 aromatic carbocycles. The third-order valence-electron chi connectivity index (χ3n) is 7.68. The number of piperazine rings is 2. The predicted octanol–water partition coefficient (Wildman–Crippen LogP) is 2.63. The molecular formula is C29H36ClF2N9O3. The van der Waals surface area contributed by atoms with E-state index < -0.39 is 23.8 Å². The summed E-state index contributed by atoms with van der Waals surface area (Å²) in [6.45, 7) is 5.43. The normalized spacial score (nSPS) is 18.3. The highest BCUT2D eigenvalue weighted by Gasteiger charge is 2.29. The summed E-state index contributed by atoms with van der Waals surface area (Å²) in [5, 5.41) is 22.8. The summed E-state index contributed by atoms with van der Waals surface area (Å²) in [6, 6.07) is 10.9. The number of aromatic hydroxyl groups is 1. The fraction of sp³-hybridized carbons (Fsp3) is 0.414. The van der Waals surface area contributed by atoms with Crippen LogP contribution in [0.2, 0.25) is 5.02 Å². The van der Waals surface area contributed by atoms with E-state index in [1.807, 2.05) is 24.3 Å². The molecule has 12 nitrogen and oxygen atoms in total. The SMILES string of the molecule is CN1CCN(Cc2ccc(Nc3cc(Cl)c(O)c(C(=O)NNc4ncc(F)c(N5CCN(CCO)C(F)C5)n4)c3)cc2)CC1. The zero-order valence-corrected chi connectivity index (χ0v) is 25.1. The van der Waals surface area contributed by atoms with E-state index in [1.54, 1.807) is 0 Å². The Morgan fingerprint density at radius 1 is 1.09 bits per heavy atom. The van der Waals surface area contributed by atoms with E-state index in [4.69, 9.17) is 16.7 Å². The van der Waals surface area contributed by atoms with Crippen molar-refractivity contribution in [3.63, 3.8) is 0 Å². The average molecular weight is 632 g/mol. The van der Waals surface area contributed by atoms with Gasteiger partial charge in [-0.15, -0.1) is 0 Å². The highest BCUT2D eigenvalue weighted by molar-refractivity contribution is 6.33. The van der Waals surface area contributed by atoms with E-state index in [2.05, 4.69) is 43.0 Å². The number of phenols is 1. The fourth-order valence-electron chi connectivity index (χ4n) is 5.14. The summed E-state index contributed by atoms with van der Waals surface area (Å²) in [7, 11) is 2.13. The van der Waals surface area contributed by atoms with Crippen LogP contribution in [-0.4, -0.2) is 113 Å². The Hall–Kier alpha value is -3.82. The van der Waals surface area contributed by atoms with Crippen molar-refractivity contribution in [2.75, 3.05) is 81.7 Å². The van der Waals surface area contributed by atoms with Crippen LogP contribution in [0.3, 0.4) is 0 Å². The molecule has 2 saturated heterocycles. The number of hydrazine groups is 1. The number of nitrogens with one attached hydrogen (secondary N) is 3. The number of alkyl halides is 1. The first-order valence-electron chi connectivity index (χ1n) is 14.3. The Bertz CT molecular complexity index is 1440. The van der Waals surface area contributed by atoms with Crippen LogP contribution in [0.5, 0.6) is 5.75 Å². The summed E-state index contributed by atoms with van der Waals surface area (Å²) >= 11 is 6.24. The number of hydrogen-bond donors (Lipinski definition) is 5. The molecule has 2 fully saturated rings. The Kier molecular flexibility index (Phi) is 10.3. The Balaban J connectivity index is 1.21. The van der Waals surface area contributed by atoms with Crippen molar-refractivity contribution in [1.29, 1.82) is 0 Å². The van der Waals surface area contributed by atoms with Gasteiger partial charge in [-0.05, 0) is 36.9 Å². The molecule has 3 aromatic rings. The number of likely N-dealkylation sites (N-methyl/N-ethyl adjacent to an activating group) is 1. The largest absolute Gasteiger partial charge is 0.506 e. The number of amides is 1. The predicted molar refractivity (Wildman–Crippen MR) is 164 cm³/mol. The molecule has 2 aliphatic heterocycles. The van der Waals surface area contributed by atoms with Crippen molar-refractivity contribution in [1.82, 2.24) is 30.1 Å². The summed E-state index contributed by atoms with van der Waals surface area (Å²) < 4.78 is 29.0. The number of phenolic OH excluding ortho intramolecular Hbond substituents is 1. The van der Waals surface area contributed by atoms with Crippen molar-refractivity contribution in [2.45, 2.75) is 12.8 Å². The van der Waals surface area contributed by atoms with Crippen molar-refractivity contribution in [3.05, 3.63) is 64.6 Å². The van der Waals surface area contributed by atoms with Crippen LogP contribution in [0.25, 0.3) is 0 Å². The number of halogens is 3. The minimum absolute atomic E-state index is 0.0340. The molecular weight excluding hydrogens is 596 g/mol. The van der Waals surface area contributed by atoms with E-state index in [9.17, 15) is 18.7 Å². The number of benzene rings is 2. The molecule has 0 aliphatic carbocycles. The minimum atomic E-state index is -1.41. The molecule has 1 aromatic heterocycles. The summed E-state index contributed by atoms with van der Waals surface area (Å²) in [4.78, 5) is 28.6. The molecule has 3 heterocycles. The van der Waals surface area contributed by atoms with Gasteiger partial charge in [0.15, 0.2) is 17.9 Å². The van der Waals surface area contributed by atoms with Crippen LogP contribution in [0, 0.1) is 5.82 Å².